The van der Waals surface area contributed by atoms with E-state index in [0.717, 1.165) is 31.6 Å². The van der Waals surface area contributed by atoms with Gasteiger partial charge < -0.3 is 5.32 Å². The minimum atomic E-state index is -0.0488. The fraction of sp³-hybridized carbons (Fsp3) is 0.350. The molecule has 2 aromatic carbocycles. The van der Waals surface area contributed by atoms with E-state index in [-0.39, 0.29) is 5.91 Å². The van der Waals surface area contributed by atoms with Gasteiger partial charge in [-0.05, 0) is 55.1 Å². The standard InChI is InChI=1S/C20H23N5O/c1-14-4-2-3-5-17(14)13-25-9-8-15(12-25)11-21-20(26)16-6-7-18-19(10-16)23-24-22-18/h2-7,10,15H,8-9,11-13H2,1H3,(H,21,26)(H,22,23,24)/t15-/m1/s1. The normalized spacial score (nSPS) is 17.7. The number of carbonyl (C=O) groups excluding carboxylic acids is 1. The SMILES string of the molecule is Cc1ccccc1CN1CC[C@H](CNC(=O)c2ccc3n[nH]nc3c2)C1. The van der Waals surface area contributed by atoms with Crippen LogP contribution in [0.3, 0.4) is 0 Å². The molecule has 1 saturated heterocycles. The molecule has 2 heterocycles. The van der Waals surface area contributed by atoms with Crippen LogP contribution in [0.4, 0.5) is 0 Å². The van der Waals surface area contributed by atoms with Crippen molar-refractivity contribution in [2.24, 2.45) is 5.92 Å². The Morgan fingerprint density at radius 1 is 1.23 bits per heavy atom. The first-order valence-corrected chi connectivity index (χ1v) is 9.04. The number of nitrogens with one attached hydrogen (secondary N) is 2. The van der Waals surface area contributed by atoms with Gasteiger partial charge in [0, 0.05) is 25.2 Å². The van der Waals surface area contributed by atoms with Gasteiger partial charge in [-0.3, -0.25) is 9.69 Å². The summed E-state index contributed by atoms with van der Waals surface area (Å²) >= 11 is 0. The highest BCUT2D eigenvalue weighted by atomic mass is 16.1. The van der Waals surface area contributed by atoms with Crippen LogP contribution < -0.4 is 5.32 Å². The number of benzene rings is 2. The van der Waals surface area contributed by atoms with Gasteiger partial charge in [-0.1, -0.05) is 24.3 Å². The highest BCUT2D eigenvalue weighted by Gasteiger charge is 2.23. The predicted octanol–water partition coefficient (Wildman–Crippen LogP) is 2.52. The number of aromatic amines is 1. The molecule has 1 fully saturated rings. The van der Waals surface area contributed by atoms with Crippen molar-refractivity contribution in [3.8, 4) is 0 Å². The molecule has 0 unspecified atom stereocenters. The fourth-order valence-electron chi connectivity index (χ4n) is 3.57. The fourth-order valence-corrected chi connectivity index (χ4v) is 3.57. The molecule has 0 aliphatic carbocycles. The summed E-state index contributed by atoms with van der Waals surface area (Å²) in [5.74, 6) is 0.450. The molecule has 0 bridgehead atoms. The van der Waals surface area contributed by atoms with Crippen LogP contribution >= 0.6 is 0 Å². The predicted molar refractivity (Wildman–Crippen MR) is 101 cm³/mol. The largest absolute Gasteiger partial charge is 0.352 e. The molecule has 1 aromatic heterocycles. The molecule has 2 N–H and O–H groups in total. The van der Waals surface area contributed by atoms with Crippen molar-refractivity contribution in [3.05, 3.63) is 59.2 Å². The average molecular weight is 349 g/mol. The number of amides is 1. The van der Waals surface area contributed by atoms with Crippen LogP contribution in [0.15, 0.2) is 42.5 Å². The van der Waals surface area contributed by atoms with Crippen LogP contribution in [0.1, 0.15) is 27.9 Å². The van der Waals surface area contributed by atoms with Gasteiger partial charge in [0.15, 0.2) is 0 Å². The summed E-state index contributed by atoms with van der Waals surface area (Å²) in [7, 11) is 0. The Morgan fingerprint density at radius 3 is 2.96 bits per heavy atom. The molecule has 1 atom stereocenters. The van der Waals surface area contributed by atoms with E-state index in [1.165, 1.54) is 11.1 Å². The van der Waals surface area contributed by atoms with Crippen LogP contribution in [0.2, 0.25) is 0 Å². The molecule has 0 spiro atoms. The average Bonchev–Trinajstić information content (AvgIpc) is 3.30. The summed E-state index contributed by atoms with van der Waals surface area (Å²) in [5, 5.41) is 13.7. The van der Waals surface area contributed by atoms with Crippen molar-refractivity contribution in [1.82, 2.24) is 25.6 Å². The van der Waals surface area contributed by atoms with Crippen LogP contribution in [-0.2, 0) is 6.54 Å². The molecule has 1 aliphatic rings. The van der Waals surface area contributed by atoms with E-state index in [1.807, 2.05) is 6.07 Å². The smallest absolute Gasteiger partial charge is 0.251 e. The van der Waals surface area contributed by atoms with E-state index in [1.54, 1.807) is 12.1 Å². The van der Waals surface area contributed by atoms with Crippen LogP contribution in [-0.4, -0.2) is 45.9 Å². The number of H-pyrrole nitrogens is 1. The van der Waals surface area contributed by atoms with Gasteiger partial charge in [-0.15, -0.1) is 0 Å². The van der Waals surface area contributed by atoms with Gasteiger partial charge in [0.05, 0.1) is 0 Å². The number of nitrogens with zero attached hydrogens (tertiary/aromatic N) is 3. The van der Waals surface area contributed by atoms with Gasteiger partial charge in [-0.2, -0.15) is 15.4 Å². The minimum absolute atomic E-state index is 0.0488. The second-order valence-corrected chi connectivity index (χ2v) is 7.05. The molecule has 0 radical (unpaired) electrons. The first-order valence-electron chi connectivity index (χ1n) is 9.04. The zero-order valence-electron chi connectivity index (χ0n) is 14.9. The number of aromatic nitrogens is 3. The topological polar surface area (TPSA) is 73.9 Å². The maximum absolute atomic E-state index is 12.4. The summed E-state index contributed by atoms with van der Waals surface area (Å²) in [6, 6.07) is 13.9. The molecule has 4 rings (SSSR count). The van der Waals surface area contributed by atoms with Crippen molar-refractivity contribution in [2.45, 2.75) is 19.9 Å². The number of carbonyl (C=O) groups is 1. The Hall–Kier alpha value is -2.73. The third kappa shape index (κ3) is 3.60. The van der Waals surface area contributed by atoms with E-state index in [2.05, 4.69) is 56.8 Å². The molecule has 1 aliphatic heterocycles. The zero-order chi connectivity index (χ0) is 17.9. The van der Waals surface area contributed by atoms with Crippen molar-refractivity contribution < 1.29 is 4.79 Å². The molecule has 6 heteroatoms. The number of fused-ring (bicyclic) bond motifs is 1. The number of hydrogen-bond donors (Lipinski definition) is 2. The van der Waals surface area contributed by atoms with Gasteiger partial charge in [-0.25, -0.2) is 0 Å². The molecule has 26 heavy (non-hydrogen) atoms. The summed E-state index contributed by atoms with van der Waals surface area (Å²) in [4.78, 5) is 14.9. The zero-order valence-corrected chi connectivity index (χ0v) is 14.9. The molecular weight excluding hydrogens is 326 g/mol. The summed E-state index contributed by atoms with van der Waals surface area (Å²) in [6.07, 6.45) is 1.12. The van der Waals surface area contributed by atoms with Crippen LogP contribution in [0.25, 0.3) is 11.0 Å². The van der Waals surface area contributed by atoms with Crippen LogP contribution in [0.5, 0.6) is 0 Å². The molecule has 3 aromatic rings. The first-order chi connectivity index (χ1) is 12.7. The number of aryl methyl sites for hydroxylation is 1. The Morgan fingerprint density at radius 2 is 2.08 bits per heavy atom. The first kappa shape index (κ1) is 16.7. The minimum Gasteiger partial charge on any atom is -0.352 e. The third-order valence-corrected chi connectivity index (χ3v) is 5.15. The molecule has 0 saturated carbocycles. The second kappa shape index (κ2) is 7.25. The maximum atomic E-state index is 12.4. The third-order valence-electron chi connectivity index (χ3n) is 5.15. The monoisotopic (exact) mass is 349 g/mol. The second-order valence-electron chi connectivity index (χ2n) is 7.05. The van der Waals surface area contributed by atoms with Crippen molar-refractivity contribution in [2.75, 3.05) is 19.6 Å². The summed E-state index contributed by atoms with van der Waals surface area (Å²) in [5.41, 5.74) is 4.83. The number of hydrogen-bond acceptors (Lipinski definition) is 4. The number of rotatable bonds is 5. The highest BCUT2D eigenvalue weighted by molar-refractivity contribution is 5.97. The van der Waals surface area contributed by atoms with Crippen LogP contribution in [0, 0.1) is 12.8 Å². The lowest BCUT2D eigenvalue weighted by molar-refractivity contribution is 0.0947. The van der Waals surface area contributed by atoms with E-state index in [4.69, 9.17) is 0 Å². The Labute approximate surface area is 152 Å². The Balaban J connectivity index is 1.30. The lowest BCUT2D eigenvalue weighted by atomic mass is 10.1. The Bertz CT molecular complexity index is 919. The van der Waals surface area contributed by atoms with E-state index in [9.17, 15) is 4.79 Å². The van der Waals surface area contributed by atoms with Crippen molar-refractivity contribution >= 4 is 16.9 Å². The van der Waals surface area contributed by atoms with Gasteiger partial charge in [0.1, 0.15) is 11.0 Å². The van der Waals surface area contributed by atoms with E-state index < -0.39 is 0 Å². The molecule has 6 nitrogen and oxygen atoms in total. The van der Waals surface area contributed by atoms with Crippen molar-refractivity contribution in [1.29, 1.82) is 0 Å². The lowest BCUT2D eigenvalue weighted by Gasteiger charge is -2.17. The number of likely N-dealkylation sites (tertiary alicyclic amines) is 1. The van der Waals surface area contributed by atoms with Crippen molar-refractivity contribution in [3.63, 3.8) is 0 Å². The maximum Gasteiger partial charge on any atom is 0.251 e. The van der Waals surface area contributed by atoms with Gasteiger partial charge in [0.2, 0.25) is 0 Å². The van der Waals surface area contributed by atoms with E-state index in [0.29, 0.717) is 23.5 Å². The van der Waals surface area contributed by atoms with E-state index >= 15 is 0 Å². The lowest BCUT2D eigenvalue weighted by Crippen LogP contribution is -2.31. The molecular formula is C20H23N5O. The summed E-state index contributed by atoms with van der Waals surface area (Å²) < 4.78 is 0. The molecule has 1 amide bonds. The van der Waals surface area contributed by atoms with Gasteiger partial charge in [0.25, 0.3) is 5.91 Å². The summed E-state index contributed by atoms with van der Waals surface area (Å²) in [6.45, 7) is 5.96. The Kier molecular flexibility index (Phi) is 4.67. The molecule has 134 valence electrons. The van der Waals surface area contributed by atoms with Gasteiger partial charge >= 0.3 is 0 Å². The quantitative estimate of drug-likeness (QED) is 0.742. The highest BCUT2D eigenvalue weighted by Crippen LogP contribution is 2.20.